The number of hydrogen-bond donors (Lipinski definition) is 0. The molecular weight excluding hydrogens is 168 g/mol. The number of methoxy groups -OCH3 is 1. The summed E-state index contributed by atoms with van der Waals surface area (Å²) in [5.41, 5.74) is 0. The van der Waals surface area contributed by atoms with Gasteiger partial charge in [0, 0.05) is 10.2 Å². The number of carbonyl (C=O) groups excluding carboxylic acids is 1. The predicted molar refractivity (Wildman–Crippen MR) is 54.4 cm³/mol. The van der Waals surface area contributed by atoms with Crippen LogP contribution in [0.4, 0.5) is 0 Å². The van der Waals surface area contributed by atoms with Crippen LogP contribution in [0.25, 0.3) is 0 Å². The average molecular weight is 188 g/mol. The summed E-state index contributed by atoms with van der Waals surface area (Å²) in [6.07, 6.45) is 2.01. The summed E-state index contributed by atoms with van der Waals surface area (Å²) in [6, 6.07) is 0. The summed E-state index contributed by atoms with van der Waals surface area (Å²) in [7, 11) is 2.36. The number of esters is 1. The fraction of sp³-hybridized carbons (Fsp3) is 0.889. The van der Waals surface area contributed by atoms with Crippen LogP contribution in [-0.2, 0) is 9.53 Å². The van der Waals surface area contributed by atoms with E-state index in [1.54, 1.807) is 0 Å². The van der Waals surface area contributed by atoms with Crippen molar-refractivity contribution in [1.29, 1.82) is 0 Å². The summed E-state index contributed by atoms with van der Waals surface area (Å²) < 4.78 is 4.82. The van der Waals surface area contributed by atoms with Crippen LogP contribution in [0.15, 0.2) is 0 Å². The second kappa shape index (κ2) is 4.65. The summed E-state index contributed by atoms with van der Waals surface area (Å²) in [4.78, 5) is 11.5. The predicted octanol–water partition coefficient (Wildman–Crippen LogP) is 1.14. The molecule has 0 N–H and O–H groups in total. The summed E-state index contributed by atoms with van der Waals surface area (Å²) in [5, 5.41) is -0.163. The third-order valence-electron chi connectivity index (χ3n) is 2.70. The van der Waals surface area contributed by atoms with Crippen LogP contribution in [0.2, 0.25) is 5.04 Å². The largest absolute Gasteiger partial charge is 0.469 e. The van der Waals surface area contributed by atoms with Crippen molar-refractivity contribution in [3.63, 3.8) is 0 Å². The minimum absolute atomic E-state index is 0.0222. The topological polar surface area (TPSA) is 26.3 Å². The molecule has 0 fully saturated rings. The SMILES string of the molecule is CCCC([SiH3])(C(=O)OC)C(C)C. The molecule has 0 saturated carbocycles. The van der Waals surface area contributed by atoms with Crippen molar-refractivity contribution in [3.8, 4) is 0 Å². The van der Waals surface area contributed by atoms with Crippen molar-refractivity contribution >= 4 is 16.2 Å². The Hall–Kier alpha value is -0.313. The summed E-state index contributed by atoms with van der Waals surface area (Å²) >= 11 is 0. The normalized spacial score (nSPS) is 16.1. The third-order valence-corrected chi connectivity index (χ3v) is 4.76. The zero-order valence-electron chi connectivity index (χ0n) is 8.81. The van der Waals surface area contributed by atoms with Gasteiger partial charge < -0.3 is 4.74 Å². The highest BCUT2D eigenvalue weighted by Crippen LogP contribution is 2.37. The number of carbonyl (C=O) groups is 1. The van der Waals surface area contributed by atoms with Gasteiger partial charge in [-0.25, -0.2) is 0 Å². The fourth-order valence-electron chi connectivity index (χ4n) is 1.38. The van der Waals surface area contributed by atoms with E-state index >= 15 is 0 Å². The van der Waals surface area contributed by atoms with Crippen molar-refractivity contribution in [1.82, 2.24) is 0 Å². The van der Waals surface area contributed by atoms with E-state index in [2.05, 4.69) is 20.8 Å². The molecule has 0 bridgehead atoms. The first-order valence-electron chi connectivity index (χ1n) is 4.57. The molecule has 0 aliphatic rings. The van der Waals surface area contributed by atoms with Crippen LogP contribution in [0, 0.1) is 5.92 Å². The average Bonchev–Trinajstić information content (AvgIpc) is 2.03. The Morgan fingerprint density at radius 1 is 1.58 bits per heavy atom. The molecule has 0 rings (SSSR count). The highest BCUT2D eigenvalue weighted by Gasteiger charge is 2.36. The molecule has 0 aliphatic carbocycles. The van der Waals surface area contributed by atoms with Gasteiger partial charge in [-0.15, -0.1) is 0 Å². The minimum Gasteiger partial charge on any atom is -0.469 e. The van der Waals surface area contributed by atoms with Crippen LogP contribution in [0.5, 0.6) is 0 Å². The molecule has 0 spiro atoms. The fourth-order valence-corrected chi connectivity index (χ4v) is 2.08. The molecule has 1 unspecified atom stereocenters. The summed E-state index contributed by atoms with van der Waals surface area (Å²) in [5.74, 6) is 0.377. The second-order valence-corrected chi connectivity index (χ2v) is 5.60. The van der Waals surface area contributed by atoms with Gasteiger partial charge in [-0.1, -0.05) is 27.2 Å². The smallest absolute Gasteiger partial charge is 0.308 e. The molecule has 0 aromatic rings. The maximum absolute atomic E-state index is 11.5. The van der Waals surface area contributed by atoms with E-state index in [1.165, 1.54) is 7.11 Å². The van der Waals surface area contributed by atoms with Gasteiger partial charge in [0.1, 0.15) is 0 Å². The van der Waals surface area contributed by atoms with E-state index in [4.69, 9.17) is 4.74 Å². The molecule has 3 heteroatoms. The standard InChI is InChI=1S/C9H20O2Si/c1-5-6-9(12,7(2)3)8(10)11-4/h7H,5-6H2,1-4,12H3. The zero-order chi connectivity index (χ0) is 9.78. The molecule has 1 atom stereocenters. The van der Waals surface area contributed by atoms with Gasteiger partial charge in [-0.05, 0) is 12.3 Å². The maximum Gasteiger partial charge on any atom is 0.308 e. The van der Waals surface area contributed by atoms with Crippen LogP contribution >= 0.6 is 0 Å². The molecule has 0 heterocycles. The van der Waals surface area contributed by atoms with Crippen LogP contribution in [-0.4, -0.2) is 23.3 Å². The van der Waals surface area contributed by atoms with Gasteiger partial charge in [-0.2, -0.15) is 0 Å². The van der Waals surface area contributed by atoms with Crippen LogP contribution in [0.3, 0.4) is 0 Å². The first-order chi connectivity index (χ1) is 5.49. The Labute approximate surface area is 78.1 Å². The Balaban J connectivity index is 4.49. The van der Waals surface area contributed by atoms with E-state index in [9.17, 15) is 4.79 Å². The number of rotatable bonds is 4. The van der Waals surface area contributed by atoms with Gasteiger partial charge in [0.25, 0.3) is 0 Å². The quantitative estimate of drug-likeness (QED) is 0.488. The van der Waals surface area contributed by atoms with E-state index in [1.807, 2.05) is 0 Å². The number of ether oxygens (including phenoxy) is 1. The molecule has 2 nitrogen and oxygen atoms in total. The van der Waals surface area contributed by atoms with E-state index < -0.39 is 0 Å². The van der Waals surface area contributed by atoms with Gasteiger partial charge in [0.2, 0.25) is 0 Å². The molecular formula is C9H20O2Si. The molecule has 12 heavy (non-hydrogen) atoms. The lowest BCUT2D eigenvalue weighted by Gasteiger charge is -2.30. The van der Waals surface area contributed by atoms with Crippen molar-refractivity contribution in [2.24, 2.45) is 5.92 Å². The molecule has 72 valence electrons. The molecule has 0 radical (unpaired) electrons. The van der Waals surface area contributed by atoms with E-state index in [0.29, 0.717) is 5.92 Å². The van der Waals surface area contributed by atoms with E-state index in [0.717, 1.165) is 23.1 Å². The molecule has 0 aromatic heterocycles. The van der Waals surface area contributed by atoms with Gasteiger partial charge >= 0.3 is 5.97 Å². The van der Waals surface area contributed by atoms with Gasteiger partial charge in [0.15, 0.2) is 0 Å². The van der Waals surface area contributed by atoms with Crippen LogP contribution < -0.4 is 0 Å². The first kappa shape index (κ1) is 11.7. The lowest BCUT2D eigenvalue weighted by molar-refractivity contribution is -0.146. The summed E-state index contributed by atoms with van der Waals surface area (Å²) in [6.45, 7) is 6.30. The Morgan fingerprint density at radius 3 is 2.33 bits per heavy atom. The van der Waals surface area contributed by atoms with Crippen molar-refractivity contribution < 1.29 is 9.53 Å². The molecule has 0 amide bonds. The highest BCUT2D eigenvalue weighted by atomic mass is 28.1. The number of hydrogen-bond acceptors (Lipinski definition) is 2. The molecule has 0 aliphatic heterocycles. The molecule has 0 saturated heterocycles. The lowest BCUT2D eigenvalue weighted by Crippen LogP contribution is -2.30. The second-order valence-electron chi connectivity index (χ2n) is 3.81. The van der Waals surface area contributed by atoms with Crippen molar-refractivity contribution in [2.75, 3.05) is 7.11 Å². The Kier molecular flexibility index (Phi) is 4.53. The van der Waals surface area contributed by atoms with Crippen molar-refractivity contribution in [2.45, 2.75) is 38.7 Å². The maximum atomic E-state index is 11.5. The Morgan fingerprint density at radius 2 is 2.08 bits per heavy atom. The van der Waals surface area contributed by atoms with Gasteiger partial charge in [0.05, 0.1) is 12.1 Å². The third kappa shape index (κ3) is 2.34. The highest BCUT2D eigenvalue weighted by molar-refractivity contribution is 6.27. The minimum atomic E-state index is -0.163. The first-order valence-corrected chi connectivity index (χ1v) is 5.57. The lowest BCUT2D eigenvalue weighted by atomic mass is 9.90. The Bertz CT molecular complexity index is 157. The van der Waals surface area contributed by atoms with Gasteiger partial charge in [-0.3, -0.25) is 4.79 Å². The zero-order valence-corrected chi connectivity index (χ0v) is 10.8. The monoisotopic (exact) mass is 188 g/mol. The van der Waals surface area contributed by atoms with E-state index in [-0.39, 0.29) is 11.0 Å². The van der Waals surface area contributed by atoms with Crippen LogP contribution in [0.1, 0.15) is 33.6 Å². The van der Waals surface area contributed by atoms with Crippen molar-refractivity contribution in [3.05, 3.63) is 0 Å². The molecule has 0 aromatic carbocycles.